The van der Waals surface area contributed by atoms with Crippen LogP contribution in [0.4, 0.5) is 4.39 Å². The Morgan fingerprint density at radius 1 is 1.50 bits per heavy atom. The second kappa shape index (κ2) is 3.68. The monoisotopic (exact) mass is 167 g/mol. The highest BCUT2D eigenvalue weighted by atomic mass is 19.1. The maximum atomic E-state index is 12.8. The van der Waals surface area contributed by atoms with Crippen molar-refractivity contribution in [2.75, 3.05) is 0 Å². The fourth-order valence-electron chi connectivity index (χ4n) is 1.32. The smallest absolute Gasteiger partial charge is 0.123 e. The highest BCUT2D eigenvalue weighted by Gasteiger charge is 2.05. The van der Waals surface area contributed by atoms with Crippen LogP contribution in [0.3, 0.4) is 0 Å². The minimum Gasteiger partial charge on any atom is -0.324 e. The van der Waals surface area contributed by atoms with Crippen LogP contribution in [0.25, 0.3) is 0 Å². The van der Waals surface area contributed by atoms with Crippen molar-refractivity contribution in [3.05, 3.63) is 35.1 Å². The van der Waals surface area contributed by atoms with Gasteiger partial charge in [-0.1, -0.05) is 13.0 Å². The lowest BCUT2D eigenvalue weighted by atomic mass is 10.0. The average molecular weight is 167 g/mol. The lowest BCUT2D eigenvalue weighted by molar-refractivity contribution is 0.623. The summed E-state index contributed by atoms with van der Waals surface area (Å²) in [5.41, 5.74) is 7.76. The van der Waals surface area contributed by atoms with Crippen LogP contribution in [0.1, 0.15) is 31.0 Å². The molecule has 0 spiro atoms. The van der Waals surface area contributed by atoms with Crippen LogP contribution < -0.4 is 5.73 Å². The van der Waals surface area contributed by atoms with Crippen molar-refractivity contribution in [1.82, 2.24) is 0 Å². The predicted octanol–water partition coefficient (Wildman–Crippen LogP) is 2.41. The molecular formula is C10H14FN. The van der Waals surface area contributed by atoms with Crippen molar-refractivity contribution in [2.45, 2.75) is 26.3 Å². The van der Waals surface area contributed by atoms with E-state index in [9.17, 15) is 4.39 Å². The Bertz CT molecular complexity index is 269. The Morgan fingerprint density at radius 2 is 2.17 bits per heavy atom. The van der Waals surface area contributed by atoms with Gasteiger partial charge in [-0.15, -0.1) is 0 Å². The van der Waals surface area contributed by atoms with Gasteiger partial charge in [0.15, 0.2) is 0 Å². The molecule has 2 heteroatoms. The first-order chi connectivity index (χ1) is 5.65. The van der Waals surface area contributed by atoms with E-state index in [1.165, 1.54) is 6.07 Å². The summed E-state index contributed by atoms with van der Waals surface area (Å²) in [6.07, 6.45) is 0.828. The van der Waals surface area contributed by atoms with Gasteiger partial charge >= 0.3 is 0 Å². The molecule has 1 nitrogen and oxygen atoms in total. The lowest BCUT2D eigenvalue weighted by Crippen LogP contribution is -2.08. The zero-order valence-corrected chi connectivity index (χ0v) is 7.47. The third-order valence-electron chi connectivity index (χ3n) is 1.98. The van der Waals surface area contributed by atoms with Crippen LogP contribution in [0.5, 0.6) is 0 Å². The third-order valence-corrected chi connectivity index (χ3v) is 1.98. The van der Waals surface area contributed by atoms with Gasteiger partial charge in [0.25, 0.3) is 0 Å². The van der Waals surface area contributed by atoms with E-state index in [-0.39, 0.29) is 11.9 Å². The number of hydrogen-bond donors (Lipinski definition) is 1. The van der Waals surface area contributed by atoms with Crippen LogP contribution in [-0.2, 0) is 6.42 Å². The van der Waals surface area contributed by atoms with E-state index in [4.69, 9.17) is 5.73 Å². The van der Waals surface area contributed by atoms with E-state index < -0.39 is 0 Å². The second-order valence-electron chi connectivity index (χ2n) is 2.99. The Morgan fingerprint density at radius 3 is 2.67 bits per heavy atom. The SMILES string of the molecule is CCc1cc(F)ccc1[C@@H](C)N. The number of aryl methyl sites for hydroxylation is 1. The van der Waals surface area contributed by atoms with Crippen LogP contribution >= 0.6 is 0 Å². The van der Waals surface area contributed by atoms with Crippen molar-refractivity contribution in [3.63, 3.8) is 0 Å². The molecule has 2 N–H and O–H groups in total. The minimum atomic E-state index is -0.184. The van der Waals surface area contributed by atoms with Crippen LogP contribution in [0, 0.1) is 5.82 Å². The molecule has 1 rings (SSSR count). The average Bonchev–Trinajstić information content (AvgIpc) is 2.03. The maximum Gasteiger partial charge on any atom is 0.123 e. The predicted molar refractivity (Wildman–Crippen MR) is 48.4 cm³/mol. The topological polar surface area (TPSA) is 26.0 Å². The van der Waals surface area contributed by atoms with Crippen molar-refractivity contribution in [3.8, 4) is 0 Å². The maximum absolute atomic E-state index is 12.8. The van der Waals surface area contributed by atoms with Crippen LogP contribution in [-0.4, -0.2) is 0 Å². The Hall–Kier alpha value is -0.890. The molecule has 0 unspecified atom stereocenters. The summed E-state index contributed by atoms with van der Waals surface area (Å²) < 4.78 is 12.8. The molecule has 12 heavy (non-hydrogen) atoms. The standard InChI is InChI=1S/C10H14FN/c1-3-8-6-9(11)4-5-10(8)7(2)12/h4-7H,3,12H2,1-2H3/t7-/m1/s1. The summed E-state index contributed by atoms with van der Waals surface area (Å²) in [6.45, 7) is 3.91. The number of nitrogens with two attached hydrogens (primary N) is 1. The molecule has 0 heterocycles. The number of hydrogen-bond acceptors (Lipinski definition) is 1. The Labute approximate surface area is 72.4 Å². The summed E-state index contributed by atoms with van der Waals surface area (Å²) in [7, 11) is 0. The molecule has 0 bridgehead atoms. The molecule has 0 aliphatic rings. The molecule has 0 aliphatic heterocycles. The molecule has 1 atom stereocenters. The van der Waals surface area contributed by atoms with Crippen LogP contribution in [0.2, 0.25) is 0 Å². The molecule has 0 saturated carbocycles. The molecule has 0 aromatic heterocycles. The highest BCUT2D eigenvalue weighted by molar-refractivity contribution is 5.30. The Kier molecular flexibility index (Phi) is 2.82. The van der Waals surface area contributed by atoms with E-state index in [1.54, 1.807) is 12.1 Å². The quantitative estimate of drug-likeness (QED) is 0.719. The van der Waals surface area contributed by atoms with Gasteiger partial charge < -0.3 is 5.73 Å². The number of rotatable bonds is 2. The zero-order valence-electron chi connectivity index (χ0n) is 7.47. The number of halogens is 1. The third kappa shape index (κ3) is 1.83. The van der Waals surface area contributed by atoms with Gasteiger partial charge in [-0.2, -0.15) is 0 Å². The Balaban J connectivity index is 3.11. The van der Waals surface area contributed by atoms with E-state index in [2.05, 4.69) is 0 Å². The van der Waals surface area contributed by atoms with Crippen molar-refractivity contribution >= 4 is 0 Å². The molecule has 1 aromatic rings. The van der Waals surface area contributed by atoms with Gasteiger partial charge in [-0.25, -0.2) is 4.39 Å². The summed E-state index contributed by atoms with van der Waals surface area (Å²) in [4.78, 5) is 0. The van der Waals surface area contributed by atoms with Gasteiger partial charge in [0.1, 0.15) is 5.82 Å². The minimum absolute atomic E-state index is 0.0134. The van der Waals surface area contributed by atoms with Gasteiger partial charge in [-0.05, 0) is 36.6 Å². The molecule has 0 saturated heterocycles. The first kappa shape index (κ1) is 9.20. The van der Waals surface area contributed by atoms with E-state index >= 15 is 0 Å². The van der Waals surface area contributed by atoms with Gasteiger partial charge in [0, 0.05) is 6.04 Å². The fraction of sp³-hybridized carbons (Fsp3) is 0.400. The summed E-state index contributed by atoms with van der Waals surface area (Å²) >= 11 is 0. The summed E-state index contributed by atoms with van der Waals surface area (Å²) in [6, 6.07) is 4.76. The highest BCUT2D eigenvalue weighted by Crippen LogP contribution is 2.17. The van der Waals surface area contributed by atoms with Crippen LogP contribution in [0.15, 0.2) is 18.2 Å². The van der Waals surface area contributed by atoms with Gasteiger partial charge in [0.05, 0.1) is 0 Å². The molecule has 0 amide bonds. The summed E-state index contributed by atoms with van der Waals surface area (Å²) in [5, 5.41) is 0. The van der Waals surface area contributed by atoms with E-state index in [0.717, 1.165) is 17.5 Å². The summed E-state index contributed by atoms with van der Waals surface area (Å²) in [5.74, 6) is -0.184. The normalized spacial score (nSPS) is 13.0. The fourth-order valence-corrected chi connectivity index (χ4v) is 1.32. The van der Waals surface area contributed by atoms with E-state index in [1.807, 2.05) is 13.8 Å². The van der Waals surface area contributed by atoms with Crippen molar-refractivity contribution < 1.29 is 4.39 Å². The molecule has 0 radical (unpaired) electrons. The number of benzene rings is 1. The molecular weight excluding hydrogens is 153 g/mol. The molecule has 1 aromatic carbocycles. The lowest BCUT2D eigenvalue weighted by Gasteiger charge is -2.10. The second-order valence-corrected chi connectivity index (χ2v) is 2.99. The molecule has 0 fully saturated rings. The largest absolute Gasteiger partial charge is 0.324 e. The van der Waals surface area contributed by atoms with E-state index in [0.29, 0.717) is 0 Å². The van der Waals surface area contributed by atoms with Crippen molar-refractivity contribution in [2.24, 2.45) is 5.73 Å². The molecule has 0 aliphatic carbocycles. The van der Waals surface area contributed by atoms with Gasteiger partial charge in [0.2, 0.25) is 0 Å². The first-order valence-electron chi connectivity index (χ1n) is 4.19. The zero-order chi connectivity index (χ0) is 9.14. The van der Waals surface area contributed by atoms with Crippen molar-refractivity contribution in [1.29, 1.82) is 0 Å². The molecule has 66 valence electrons. The van der Waals surface area contributed by atoms with Gasteiger partial charge in [-0.3, -0.25) is 0 Å². The first-order valence-corrected chi connectivity index (χ1v) is 4.19.